The van der Waals surface area contributed by atoms with Crippen molar-refractivity contribution in [3.8, 4) is 5.75 Å². The van der Waals surface area contributed by atoms with Crippen LogP contribution in [0.2, 0.25) is 0 Å². The number of benzene rings is 2. The molecule has 27 heavy (non-hydrogen) atoms. The van der Waals surface area contributed by atoms with Crippen molar-refractivity contribution in [3.63, 3.8) is 0 Å². The first kappa shape index (κ1) is 19.0. The molecule has 3 rings (SSSR count). The van der Waals surface area contributed by atoms with Gasteiger partial charge in [-0.15, -0.1) is 0 Å². The van der Waals surface area contributed by atoms with Crippen LogP contribution in [-0.4, -0.2) is 37.3 Å². The number of rotatable bonds is 4. The number of nitrogens with one attached hydrogen (secondary N) is 1. The van der Waals surface area contributed by atoms with E-state index in [0.717, 1.165) is 6.07 Å². The minimum atomic E-state index is -4.54. The van der Waals surface area contributed by atoms with Crippen molar-refractivity contribution >= 4 is 11.6 Å². The molecule has 1 saturated heterocycles. The third-order valence-electron chi connectivity index (χ3n) is 4.36. The van der Waals surface area contributed by atoms with Gasteiger partial charge in [0.25, 0.3) is 5.91 Å². The second-order valence-electron chi connectivity index (χ2n) is 6.14. The van der Waals surface area contributed by atoms with E-state index in [-0.39, 0.29) is 23.4 Å². The summed E-state index contributed by atoms with van der Waals surface area (Å²) in [5, 5.41) is 12.1. The van der Waals surface area contributed by atoms with E-state index < -0.39 is 17.6 Å². The summed E-state index contributed by atoms with van der Waals surface area (Å²) >= 11 is 0. The molecule has 1 fully saturated rings. The maximum atomic E-state index is 13.5. The molecule has 8 heteroatoms. The molecule has 0 bridgehead atoms. The number of carbonyl (C=O) groups is 1. The highest BCUT2D eigenvalue weighted by Gasteiger charge is 2.34. The Kier molecular flexibility index (Phi) is 5.55. The number of aromatic hydroxyl groups is 1. The number of amides is 1. The molecule has 1 amide bonds. The number of carbonyl (C=O) groups excluding carboxylic acids is 1. The number of morpholine rings is 1. The molecule has 0 unspecified atom stereocenters. The second-order valence-corrected chi connectivity index (χ2v) is 6.14. The van der Waals surface area contributed by atoms with Crippen molar-refractivity contribution in [3.05, 3.63) is 59.2 Å². The van der Waals surface area contributed by atoms with E-state index in [9.17, 15) is 23.1 Å². The average molecular weight is 380 g/mol. The normalized spacial score (nSPS) is 14.9. The van der Waals surface area contributed by atoms with Gasteiger partial charge in [0.05, 0.1) is 24.3 Å². The van der Waals surface area contributed by atoms with Crippen LogP contribution in [0.4, 0.5) is 18.9 Å². The molecule has 0 aliphatic carbocycles. The lowest BCUT2D eigenvalue weighted by atomic mass is 10.0. The van der Waals surface area contributed by atoms with E-state index in [2.05, 4.69) is 5.32 Å². The molecule has 2 N–H and O–H groups in total. The molecule has 2 aromatic rings. The van der Waals surface area contributed by atoms with Crippen molar-refractivity contribution in [1.82, 2.24) is 5.32 Å². The van der Waals surface area contributed by atoms with E-state index in [1.54, 1.807) is 18.2 Å². The number of halogens is 3. The number of phenols is 1. The van der Waals surface area contributed by atoms with Crippen molar-refractivity contribution in [1.29, 1.82) is 0 Å². The molecule has 1 aliphatic heterocycles. The molecule has 0 aromatic heterocycles. The van der Waals surface area contributed by atoms with Crippen LogP contribution < -0.4 is 10.2 Å². The fraction of sp³-hybridized carbons (Fsp3) is 0.316. The number of anilines is 1. The van der Waals surface area contributed by atoms with Gasteiger partial charge in [-0.2, -0.15) is 13.2 Å². The quantitative estimate of drug-likeness (QED) is 0.855. The van der Waals surface area contributed by atoms with Gasteiger partial charge in [0.2, 0.25) is 0 Å². The van der Waals surface area contributed by atoms with Crippen LogP contribution in [0.25, 0.3) is 0 Å². The molecule has 1 aliphatic rings. The summed E-state index contributed by atoms with van der Waals surface area (Å²) in [6.45, 7) is 1.70. The summed E-state index contributed by atoms with van der Waals surface area (Å²) in [5.41, 5.74) is -0.343. The molecule has 144 valence electrons. The largest absolute Gasteiger partial charge is 0.507 e. The maximum Gasteiger partial charge on any atom is 0.416 e. The van der Waals surface area contributed by atoms with Crippen LogP contribution in [-0.2, 0) is 17.5 Å². The van der Waals surface area contributed by atoms with Crippen molar-refractivity contribution < 1.29 is 27.8 Å². The van der Waals surface area contributed by atoms with Gasteiger partial charge in [0.15, 0.2) is 0 Å². The second kappa shape index (κ2) is 7.87. The van der Waals surface area contributed by atoms with Gasteiger partial charge in [0.1, 0.15) is 5.75 Å². The highest BCUT2D eigenvalue weighted by molar-refractivity contribution is 5.96. The lowest BCUT2D eigenvalue weighted by molar-refractivity contribution is -0.138. The van der Waals surface area contributed by atoms with Crippen LogP contribution >= 0.6 is 0 Å². The van der Waals surface area contributed by atoms with E-state index in [0.29, 0.717) is 32.0 Å². The molecule has 5 nitrogen and oxygen atoms in total. The smallest absolute Gasteiger partial charge is 0.416 e. The highest BCUT2D eigenvalue weighted by atomic mass is 19.4. The Labute approximate surface area is 154 Å². The Morgan fingerprint density at radius 2 is 1.85 bits per heavy atom. The Bertz CT molecular complexity index is 818. The van der Waals surface area contributed by atoms with Crippen LogP contribution in [0.3, 0.4) is 0 Å². The van der Waals surface area contributed by atoms with E-state index in [1.807, 2.05) is 4.90 Å². The van der Waals surface area contributed by atoms with Crippen LogP contribution in [0, 0.1) is 0 Å². The third-order valence-corrected chi connectivity index (χ3v) is 4.36. The number of nitrogens with zero attached hydrogens (tertiary/aromatic N) is 1. The fourth-order valence-electron chi connectivity index (χ4n) is 2.94. The Morgan fingerprint density at radius 3 is 2.52 bits per heavy atom. The monoisotopic (exact) mass is 380 g/mol. The first-order valence-electron chi connectivity index (χ1n) is 8.45. The minimum Gasteiger partial charge on any atom is -0.507 e. The zero-order valence-corrected chi connectivity index (χ0v) is 14.4. The van der Waals surface area contributed by atoms with Crippen molar-refractivity contribution in [2.75, 3.05) is 31.2 Å². The summed E-state index contributed by atoms with van der Waals surface area (Å²) in [7, 11) is 0. The van der Waals surface area contributed by atoms with Gasteiger partial charge in [0, 0.05) is 25.3 Å². The van der Waals surface area contributed by atoms with Gasteiger partial charge >= 0.3 is 6.18 Å². The van der Waals surface area contributed by atoms with Gasteiger partial charge in [-0.05, 0) is 29.8 Å². The molecule has 0 radical (unpaired) electrons. The van der Waals surface area contributed by atoms with Gasteiger partial charge in [-0.25, -0.2) is 0 Å². The Balaban J connectivity index is 1.80. The Morgan fingerprint density at radius 1 is 1.15 bits per heavy atom. The third kappa shape index (κ3) is 4.51. The fourth-order valence-corrected chi connectivity index (χ4v) is 2.94. The number of hydrogen-bond acceptors (Lipinski definition) is 4. The van der Waals surface area contributed by atoms with Crippen LogP contribution in [0.5, 0.6) is 5.75 Å². The van der Waals surface area contributed by atoms with Gasteiger partial charge < -0.3 is 20.1 Å². The highest BCUT2D eigenvalue weighted by Crippen LogP contribution is 2.35. The standard InChI is InChI=1S/C19H19F3N2O3/c20-19(21,22)16-11-14(24-7-9-27-10-8-24)6-5-13(16)12-23-18(26)15-3-1-2-4-17(15)25/h1-6,11,25H,7-10,12H2,(H,23,26). The summed E-state index contributed by atoms with van der Waals surface area (Å²) in [5.74, 6) is -0.868. The average Bonchev–Trinajstić information content (AvgIpc) is 2.66. The molecular weight excluding hydrogens is 361 g/mol. The van der Waals surface area contributed by atoms with Crippen molar-refractivity contribution in [2.24, 2.45) is 0 Å². The molecule has 0 saturated carbocycles. The number of para-hydroxylation sites is 1. The topological polar surface area (TPSA) is 61.8 Å². The first-order chi connectivity index (χ1) is 12.9. The SMILES string of the molecule is O=C(NCc1ccc(N2CCOCC2)cc1C(F)(F)F)c1ccccc1O. The predicted molar refractivity (Wildman–Crippen MR) is 93.8 cm³/mol. The van der Waals surface area contributed by atoms with Gasteiger partial charge in [-0.1, -0.05) is 18.2 Å². The molecule has 1 heterocycles. The van der Waals surface area contributed by atoms with E-state index in [4.69, 9.17) is 4.74 Å². The van der Waals surface area contributed by atoms with Gasteiger partial charge in [-0.3, -0.25) is 4.79 Å². The maximum absolute atomic E-state index is 13.5. The summed E-state index contributed by atoms with van der Waals surface area (Å²) in [6.07, 6.45) is -4.54. The van der Waals surface area contributed by atoms with Crippen LogP contribution in [0.15, 0.2) is 42.5 Å². The number of ether oxygens (including phenoxy) is 1. The summed E-state index contributed by atoms with van der Waals surface area (Å²) < 4.78 is 45.8. The van der Waals surface area contributed by atoms with Crippen molar-refractivity contribution in [2.45, 2.75) is 12.7 Å². The number of phenolic OH excluding ortho intramolecular Hbond substituents is 1. The minimum absolute atomic E-state index is 0.0102. The summed E-state index contributed by atoms with van der Waals surface area (Å²) in [6, 6.07) is 9.95. The predicted octanol–water partition coefficient (Wildman–Crippen LogP) is 3.18. The van der Waals surface area contributed by atoms with Crippen LogP contribution in [0.1, 0.15) is 21.5 Å². The zero-order valence-electron chi connectivity index (χ0n) is 14.4. The lowest BCUT2D eigenvalue weighted by Gasteiger charge is -2.29. The van der Waals surface area contributed by atoms with E-state index in [1.165, 1.54) is 18.2 Å². The molecule has 0 atom stereocenters. The Hall–Kier alpha value is -2.74. The van der Waals surface area contributed by atoms with E-state index >= 15 is 0 Å². The molecular formula is C19H19F3N2O3. The number of hydrogen-bond donors (Lipinski definition) is 2. The number of alkyl halides is 3. The molecule has 2 aromatic carbocycles. The zero-order chi connectivity index (χ0) is 19.4. The summed E-state index contributed by atoms with van der Waals surface area (Å²) in [4.78, 5) is 14.0. The first-order valence-corrected chi connectivity index (χ1v) is 8.45. The molecule has 0 spiro atoms. The lowest BCUT2D eigenvalue weighted by Crippen LogP contribution is -2.36.